The zero-order chi connectivity index (χ0) is 11.5. The molecule has 1 aliphatic rings. The molecule has 1 aromatic rings. The molecule has 0 radical (unpaired) electrons. The van der Waals surface area contributed by atoms with Crippen molar-refractivity contribution in [2.45, 2.75) is 38.6 Å². The number of hydrogen-bond acceptors (Lipinski definition) is 3. The number of nitriles is 1. The Balaban J connectivity index is 2.38. The molecule has 5 nitrogen and oxygen atoms in total. The highest BCUT2D eigenvalue weighted by atomic mass is 16.4. The Morgan fingerprint density at radius 3 is 3.06 bits per heavy atom. The van der Waals surface area contributed by atoms with Gasteiger partial charge in [-0.3, -0.25) is 0 Å². The van der Waals surface area contributed by atoms with E-state index in [0.29, 0.717) is 12.8 Å². The molecule has 0 saturated carbocycles. The zero-order valence-electron chi connectivity index (χ0n) is 8.94. The van der Waals surface area contributed by atoms with E-state index < -0.39 is 5.97 Å². The van der Waals surface area contributed by atoms with Crippen LogP contribution in [-0.2, 0) is 19.4 Å². The predicted octanol–water partition coefficient (Wildman–Crippen LogP) is 1.37. The standard InChI is InChI=1S/C11H13N3O2/c12-6-3-5-9-13-10(11(15)16)8-4-1-2-7-14(8)9/h1-5,7H2,(H,15,16). The summed E-state index contributed by atoms with van der Waals surface area (Å²) in [5.74, 6) is -0.220. The molecule has 0 unspecified atom stereocenters. The minimum atomic E-state index is -0.964. The van der Waals surface area contributed by atoms with Gasteiger partial charge in [0.1, 0.15) is 5.82 Å². The fraction of sp³-hybridized carbons (Fsp3) is 0.545. The fourth-order valence-electron chi connectivity index (χ4n) is 2.15. The van der Waals surface area contributed by atoms with E-state index in [4.69, 9.17) is 10.4 Å². The van der Waals surface area contributed by atoms with Crippen LogP contribution in [0.2, 0.25) is 0 Å². The molecule has 0 aromatic carbocycles. The molecule has 1 aliphatic heterocycles. The van der Waals surface area contributed by atoms with E-state index in [-0.39, 0.29) is 5.69 Å². The lowest BCUT2D eigenvalue weighted by atomic mass is 10.1. The van der Waals surface area contributed by atoms with E-state index in [1.54, 1.807) is 0 Å². The van der Waals surface area contributed by atoms with E-state index in [2.05, 4.69) is 11.1 Å². The smallest absolute Gasteiger partial charge is 0.356 e. The molecule has 84 valence electrons. The molecule has 1 N–H and O–H groups in total. The van der Waals surface area contributed by atoms with Gasteiger partial charge in [0.25, 0.3) is 0 Å². The van der Waals surface area contributed by atoms with Crippen molar-refractivity contribution in [3.05, 3.63) is 17.2 Å². The van der Waals surface area contributed by atoms with Crippen LogP contribution in [0, 0.1) is 11.3 Å². The molecule has 16 heavy (non-hydrogen) atoms. The van der Waals surface area contributed by atoms with Crippen LogP contribution in [0.15, 0.2) is 0 Å². The van der Waals surface area contributed by atoms with Gasteiger partial charge in [-0.25, -0.2) is 9.78 Å². The number of aryl methyl sites for hydroxylation is 1. The van der Waals surface area contributed by atoms with Crippen LogP contribution in [-0.4, -0.2) is 20.6 Å². The number of carboxylic acid groups (broad SMARTS) is 1. The number of hydrogen-bond donors (Lipinski definition) is 1. The van der Waals surface area contributed by atoms with Gasteiger partial charge < -0.3 is 9.67 Å². The van der Waals surface area contributed by atoms with Gasteiger partial charge in [0, 0.05) is 19.4 Å². The summed E-state index contributed by atoms with van der Waals surface area (Å²) in [5.41, 5.74) is 0.999. The van der Waals surface area contributed by atoms with Crippen LogP contribution < -0.4 is 0 Å². The van der Waals surface area contributed by atoms with Crippen molar-refractivity contribution in [2.75, 3.05) is 0 Å². The largest absolute Gasteiger partial charge is 0.476 e. The predicted molar refractivity (Wildman–Crippen MR) is 56.1 cm³/mol. The first kappa shape index (κ1) is 10.7. The molecule has 0 bridgehead atoms. The summed E-state index contributed by atoms with van der Waals surface area (Å²) >= 11 is 0. The molecule has 5 heteroatoms. The third kappa shape index (κ3) is 1.78. The van der Waals surface area contributed by atoms with Crippen LogP contribution in [0.4, 0.5) is 0 Å². The minimum Gasteiger partial charge on any atom is -0.476 e. The highest BCUT2D eigenvalue weighted by Gasteiger charge is 2.23. The Kier molecular flexibility index (Phi) is 2.91. The number of nitrogens with zero attached hydrogens (tertiary/aromatic N) is 3. The quantitative estimate of drug-likeness (QED) is 0.832. The summed E-state index contributed by atoms with van der Waals surface area (Å²) < 4.78 is 1.98. The van der Waals surface area contributed by atoms with E-state index >= 15 is 0 Å². The molecule has 0 spiro atoms. The molecule has 0 amide bonds. The monoisotopic (exact) mass is 219 g/mol. The van der Waals surface area contributed by atoms with Crippen molar-refractivity contribution in [3.63, 3.8) is 0 Å². The maximum atomic E-state index is 11.0. The first-order chi connectivity index (χ1) is 7.74. The van der Waals surface area contributed by atoms with Gasteiger partial charge in [0.2, 0.25) is 0 Å². The average molecular weight is 219 g/mol. The molecule has 0 atom stereocenters. The van der Waals surface area contributed by atoms with Crippen LogP contribution in [0.5, 0.6) is 0 Å². The molecule has 0 saturated heterocycles. The second kappa shape index (κ2) is 4.35. The summed E-state index contributed by atoms with van der Waals surface area (Å²) in [4.78, 5) is 15.2. The van der Waals surface area contributed by atoms with Crippen LogP contribution >= 0.6 is 0 Å². The second-order valence-electron chi connectivity index (χ2n) is 3.90. The molecule has 2 rings (SSSR count). The molecular formula is C11H13N3O2. The average Bonchev–Trinajstić information content (AvgIpc) is 2.65. The van der Waals surface area contributed by atoms with Gasteiger partial charge in [-0.1, -0.05) is 0 Å². The maximum Gasteiger partial charge on any atom is 0.356 e. The topological polar surface area (TPSA) is 78.9 Å². The summed E-state index contributed by atoms with van der Waals surface area (Å²) in [6.07, 6.45) is 3.78. The van der Waals surface area contributed by atoms with Crippen LogP contribution in [0.1, 0.15) is 41.3 Å². The first-order valence-corrected chi connectivity index (χ1v) is 5.42. The summed E-state index contributed by atoms with van der Waals surface area (Å²) in [5, 5.41) is 17.6. The normalized spacial score (nSPS) is 14.2. The number of carboxylic acids is 1. The van der Waals surface area contributed by atoms with Gasteiger partial charge in [0.15, 0.2) is 5.69 Å². The van der Waals surface area contributed by atoms with Crippen molar-refractivity contribution in [1.29, 1.82) is 5.26 Å². The number of carbonyl (C=O) groups is 1. The summed E-state index contributed by atoms with van der Waals surface area (Å²) in [7, 11) is 0. The highest BCUT2D eigenvalue weighted by Crippen LogP contribution is 2.21. The third-order valence-electron chi connectivity index (χ3n) is 2.86. The van der Waals surface area contributed by atoms with E-state index in [1.807, 2.05) is 4.57 Å². The molecular weight excluding hydrogens is 206 g/mol. The van der Waals surface area contributed by atoms with Gasteiger partial charge >= 0.3 is 5.97 Å². The Bertz CT molecular complexity index is 457. The number of fused-ring (bicyclic) bond motifs is 1. The number of imidazole rings is 1. The van der Waals surface area contributed by atoms with Gasteiger partial charge in [-0.15, -0.1) is 0 Å². The lowest BCUT2D eigenvalue weighted by Gasteiger charge is -2.16. The van der Waals surface area contributed by atoms with Crippen molar-refractivity contribution in [1.82, 2.24) is 9.55 Å². The van der Waals surface area contributed by atoms with Crippen molar-refractivity contribution in [3.8, 4) is 6.07 Å². The van der Waals surface area contributed by atoms with Crippen LogP contribution in [0.25, 0.3) is 0 Å². The number of aromatic nitrogens is 2. The lowest BCUT2D eigenvalue weighted by Crippen LogP contribution is -2.14. The Labute approximate surface area is 93.3 Å². The first-order valence-electron chi connectivity index (χ1n) is 5.42. The fourth-order valence-corrected chi connectivity index (χ4v) is 2.15. The van der Waals surface area contributed by atoms with E-state index in [1.165, 1.54) is 0 Å². The van der Waals surface area contributed by atoms with Gasteiger partial charge in [0.05, 0.1) is 11.8 Å². The maximum absolute atomic E-state index is 11.0. The van der Waals surface area contributed by atoms with E-state index in [0.717, 1.165) is 37.3 Å². The zero-order valence-corrected chi connectivity index (χ0v) is 8.94. The van der Waals surface area contributed by atoms with Crippen molar-refractivity contribution < 1.29 is 9.90 Å². The molecule has 1 aromatic heterocycles. The minimum absolute atomic E-state index is 0.174. The highest BCUT2D eigenvalue weighted by molar-refractivity contribution is 5.86. The number of aromatic carboxylic acids is 1. The Hall–Kier alpha value is -1.83. The summed E-state index contributed by atoms with van der Waals surface area (Å²) in [6.45, 7) is 0.830. The van der Waals surface area contributed by atoms with Crippen molar-refractivity contribution >= 4 is 5.97 Å². The lowest BCUT2D eigenvalue weighted by molar-refractivity contribution is 0.0689. The molecule has 0 aliphatic carbocycles. The van der Waals surface area contributed by atoms with Gasteiger partial charge in [-0.05, 0) is 19.3 Å². The third-order valence-corrected chi connectivity index (χ3v) is 2.86. The second-order valence-corrected chi connectivity index (χ2v) is 3.90. The molecule has 0 fully saturated rings. The Morgan fingerprint density at radius 1 is 1.56 bits per heavy atom. The Morgan fingerprint density at radius 2 is 2.38 bits per heavy atom. The number of rotatable bonds is 3. The van der Waals surface area contributed by atoms with E-state index in [9.17, 15) is 4.79 Å². The SMILES string of the molecule is N#CCCc1nc(C(=O)O)c2n1CCCC2. The molecule has 2 heterocycles. The summed E-state index contributed by atoms with van der Waals surface area (Å²) in [6, 6.07) is 2.06. The van der Waals surface area contributed by atoms with Crippen LogP contribution in [0.3, 0.4) is 0 Å². The van der Waals surface area contributed by atoms with Gasteiger partial charge in [-0.2, -0.15) is 5.26 Å². The van der Waals surface area contributed by atoms with Crippen molar-refractivity contribution in [2.24, 2.45) is 0 Å².